The second kappa shape index (κ2) is 5.08. The molecule has 0 aliphatic rings. The summed E-state index contributed by atoms with van der Waals surface area (Å²) in [5.74, 6) is -0.327. The third-order valence-corrected chi connectivity index (χ3v) is 4.89. The maximum atomic E-state index is 12.4. The molecule has 0 aliphatic heterocycles. The molecular weight excluding hydrogens is 310 g/mol. The number of hydrogen-bond acceptors (Lipinski definition) is 2. The van der Waals surface area contributed by atoms with Gasteiger partial charge in [-0.25, -0.2) is 4.79 Å². The number of carbonyl (C=O) groups excluding carboxylic acids is 1. The number of nitrogens with one attached hydrogen (secondary N) is 1. The van der Waals surface area contributed by atoms with Gasteiger partial charge in [-0.15, -0.1) is 0 Å². The zero-order valence-corrected chi connectivity index (χ0v) is 13.7. The largest absolute Gasteiger partial charge is 0.465 e. The first-order valence-electron chi connectivity index (χ1n) is 8.21. The molecule has 1 heterocycles. The third kappa shape index (κ3) is 1.89. The Bertz CT molecular complexity index is 1300. The summed E-state index contributed by atoms with van der Waals surface area (Å²) in [7, 11) is 1.42. The number of hydrogen-bond donors (Lipinski definition) is 1. The van der Waals surface area contributed by atoms with Crippen LogP contribution >= 0.6 is 0 Å². The van der Waals surface area contributed by atoms with Crippen molar-refractivity contribution in [2.24, 2.45) is 0 Å². The number of carbonyl (C=O) groups is 1. The van der Waals surface area contributed by atoms with Crippen LogP contribution in [0.3, 0.4) is 0 Å². The van der Waals surface area contributed by atoms with Crippen LogP contribution in [0, 0.1) is 0 Å². The highest BCUT2D eigenvalue weighted by molar-refractivity contribution is 6.30. The van der Waals surface area contributed by atoms with Gasteiger partial charge in [0.2, 0.25) is 0 Å². The standard InChI is InChI=1S/C22H15NO2/c1-25-22(24)17-12-14-7-3-5-9-16(14)20-19-15-8-4-2-6-13(15)10-11-18(19)23-21(17)20/h2-12,23H,1H3. The van der Waals surface area contributed by atoms with Crippen LogP contribution in [0.25, 0.3) is 43.4 Å². The van der Waals surface area contributed by atoms with Crippen LogP contribution in [0.5, 0.6) is 0 Å². The smallest absolute Gasteiger partial charge is 0.340 e. The molecular formula is C22H15NO2. The average molecular weight is 325 g/mol. The number of H-pyrrole nitrogens is 1. The molecule has 25 heavy (non-hydrogen) atoms. The number of benzene rings is 4. The predicted molar refractivity (Wildman–Crippen MR) is 102 cm³/mol. The van der Waals surface area contributed by atoms with Crippen molar-refractivity contribution in [2.75, 3.05) is 7.11 Å². The Morgan fingerprint density at radius 2 is 1.52 bits per heavy atom. The summed E-state index contributed by atoms with van der Waals surface area (Å²) in [5.41, 5.74) is 2.42. The molecule has 0 saturated heterocycles. The Morgan fingerprint density at radius 3 is 2.28 bits per heavy atom. The van der Waals surface area contributed by atoms with Crippen LogP contribution < -0.4 is 0 Å². The lowest BCUT2D eigenvalue weighted by atomic mass is 9.97. The molecule has 0 bridgehead atoms. The summed E-state index contributed by atoms with van der Waals surface area (Å²) in [6.07, 6.45) is 0. The molecule has 3 nitrogen and oxygen atoms in total. The van der Waals surface area contributed by atoms with Crippen LogP contribution in [0.2, 0.25) is 0 Å². The second-order valence-electron chi connectivity index (χ2n) is 6.22. The topological polar surface area (TPSA) is 42.1 Å². The SMILES string of the molecule is COC(=O)c1cc2ccccc2c2c1[nH]c1ccc3ccccc3c12. The van der Waals surface area contributed by atoms with Crippen molar-refractivity contribution >= 4 is 49.3 Å². The Hall–Kier alpha value is -3.33. The van der Waals surface area contributed by atoms with E-state index in [1.165, 1.54) is 17.9 Å². The van der Waals surface area contributed by atoms with Gasteiger partial charge in [-0.3, -0.25) is 0 Å². The number of ether oxygens (including phenoxy) is 1. The van der Waals surface area contributed by atoms with Gasteiger partial charge in [-0.1, -0.05) is 54.6 Å². The molecule has 0 aliphatic carbocycles. The Balaban J connectivity index is 2.12. The van der Waals surface area contributed by atoms with Crippen molar-refractivity contribution in [3.05, 3.63) is 72.3 Å². The number of aromatic nitrogens is 1. The van der Waals surface area contributed by atoms with Gasteiger partial charge in [0.05, 0.1) is 18.2 Å². The Labute approximate surface area is 143 Å². The molecule has 120 valence electrons. The molecule has 3 heteroatoms. The van der Waals surface area contributed by atoms with Gasteiger partial charge in [0.1, 0.15) is 0 Å². The zero-order chi connectivity index (χ0) is 17.0. The van der Waals surface area contributed by atoms with Crippen LogP contribution in [0.4, 0.5) is 0 Å². The van der Waals surface area contributed by atoms with Gasteiger partial charge in [0.15, 0.2) is 0 Å². The van der Waals surface area contributed by atoms with Crippen molar-refractivity contribution in [3.63, 3.8) is 0 Å². The molecule has 5 rings (SSSR count). The van der Waals surface area contributed by atoms with Crippen LogP contribution in [0.1, 0.15) is 10.4 Å². The minimum Gasteiger partial charge on any atom is -0.465 e. The van der Waals surface area contributed by atoms with E-state index >= 15 is 0 Å². The summed E-state index contributed by atoms with van der Waals surface area (Å²) in [5, 5.41) is 6.75. The van der Waals surface area contributed by atoms with Gasteiger partial charge in [-0.05, 0) is 33.7 Å². The van der Waals surface area contributed by atoms with E-state index in [0.717, 1.165) is 32.6 Å². The van der Waals surface area contributed by atoms with Crippen molar-refractivity contribution in [3.8, 4) is 0 Å². The van der Waals surface area contributed by atoms with Gasteiger partial charge in [-0.2, -0.15) is 0 Å². The summed E-state index contributed by atoms with van der Waals surface area (Å²) >= 11 is 0. The fourth-order valence-corrected chi connectivity index (χ4v) is 3.79. The quantitative estimate of drug-likeness (QED) is 0.418. The van der Waals surface area contributed by atoms with E-state index in [2.05, 4.69) is 35.3 Å². The van der Waals surface area contributed by atoms with Crippen LogP contribution in [0.15, 0.2) is 66.7 Å². The van der Waals surface area contributed by atoms with E-state index in [1.807, 2.05) is 36.4 Å². The maximum absolute atomic E-state index is 12.4. The highest BCUT2D eigenvalue weighted by atomic mass is 16.5. The minimum absolute atomic E-state index is 0.327. The van der Waals surface area contributed by atoms with Gasteiger partial charge < -0.3 is 9.72 Å². The van der Waals surface area contributed by atoms with E-state index in [0.29, 0.717) is 5.56 Å². The average Bonchev–Trinajstić information content (AvgIpc) is 3.07. The fraction of sp³-hybridized carbons (Fsp3) is 0.0455. The number of methoxy groups -OCH3 is 1. The van der Waals surface area contributed by atoms with E-state index in [-0.39, 0.29) is 5.97 Å². The molecule has 1 N–H and O–H groups in total. The number of fused-ring (bicyclic) bond motifs is 7. The van der Waals surface area contributed by atoms with E-state index in [1.54, 1.807) is 0 Å². The molecule has 4 aromatic carbocycles. The molecule has 5 aromatic rings. The summed E-state index contributed by atoms with van der Waals surface area (Å²) in [6, 6.07) is 22.6. The first-order valence-corrected chi connectivity index (χ1v) is 8.21. The van der Waals surface area contributed by atoms with Gasteiger partial charge >= 0.3 is 5.97 Å². The summed E-state index contributed by atoms with van der Waals surface area (Å²) in [4.78, 5) is 15.8. The number of esters is 1. The zero-order valence-electron chi connectivity index (χ0n) is 13.7. The summed E-state index contributed by atoms with van der Waals surface area (Å²) in [6.45, 7) is 0. The highest BCUT2D eigenvalue weighted by Crippen LogP contribution is 2.38. The van der Waals surface area contributed by atoms with Crippen LogP contribution in [-0.2, 0) is 4.74 Å². The van der Waals surface area contributed by atoms with Crippen molar-refractivity contribution in [1.82, 2.24) is 4.98 Å². The van der Waals surface area contributed by atoms with Gasteiger partial charge in [0, 0.05) is 16.3 Å². The lowest BCUT2D eigenvalue weighted by Gasteiger charge is -2.06. The molecule has 0 saturated carbocycles. The Kier molecular flexibility index (Phi) is 2.86. The van der Waals surface area contributed by atoms with Crippen molar-refractivity contribution in [2.45, 2.75) is 0 Å². The Morgan fingerprint density at radius 1 is 0.840 bits per heavy atom. The molecule has 1 aromatic heterocycles. The van der Waals surface area contributed by atoms with Crippen molar-refractivity contribution < 1.29 is 9.53 Å². The lowest BCUT2D eigenvalue weighted by molar-refractivity contribution is 0.0603. The van der Waals surface area contributed by atoms with E-state index < -0.39 is 0 Å². The molecule has 0 fully saturated rings. The van der Waals surface area contributed by atoms with Crippen LogP contribution in [-0.4, -0.2) is 18.1 Å². The first-order chi connectivity index (χ1) is 12.3. The summed E-state index contributed by atoms with van der Waals surface area (Å²) < 4.78 is 5.02. The molecule has 0 spiro atoms. The lowest BCUT2D eigenvalue weighted by Crippen LogP contribution is -2.02. The minimum atomic E-state index is -0.327. The first kappa shape index (κ1) is 14.1. The monoisotopic (exact) mass is 325 g/mol. The third-order valence-electron chi connectivity index (χ3n) is 4.89. The predicted octanol–water partition coefficient (Wildman–Crippen LogP) is 5.41. The van der Waals surface area contributed by atoms with E-state index in [9.17, 15) is 4.79 Å². The molecule has 0 unspecified atom stereocenters. The highest BCUT2D eigenvalue weighted by Gasteiger charge is 2.18. The molecule has 0 radical (unpaired) electrons. The molecule has 0 amide bonds. The second-order valence-corrected chi connectivity index (χ2v) is 6.22. The number of aromatic amines is 1. The van der Waals surface area contributed by atoms with Gasteiger partial charge in [0.25, 0.3) is 0 Å². The molecule has 0 atom stereocenters. The van der Waals surface area contributed by atoms with E-state index in [4.69, 9.17) is 4.74 Å². The fourth-order valence-electron chi connectivity index (χ4n) is 3.79. The number of rotatable bonds is 1. The normalized spacial score (nSPS) is 11.6. The van der Waals surface area contributed by atoms with Crippen molar-refractivity contribution in [1.29, 1.82) is 0 Å². The maximum Gasteiger partial charge on any atom is 0.340 e.